The van der Waals surface area contributed by atoms with Crippen LogP contribution in [0.15, 0.2) is 11.1 Å². The maximum absolute atomic E-state index is 11.4. The van der Waals surface area contributed by atoms with E-state index in [1.165, 1.54) is 12.7 Å². The Balaban J connectivity index is 2.14. The van der Waals surface area contributed by atoms with Crippen LogP contribution >= 0.6 is 22.6 Å². The number of H-pyrrole nitrogens is 1. The Morgan fingerprint density at radius 2 is 2.40 bits per heavy atom. The SMILES string of the molecule is CC1CC1CN(C)c1nc[nH]c(=O)c1I. The molecule has 1 saturated carbocycles. The minimum absolute atomic E-state index is 0.0590. The Hall–Kier alpha value is -0.590. The number of nitrogens with zero attached hydrogens (tertiary/aromatic N) is 2. The first-order valence-corrected chi connectivity index (χ1v) is 6.11. The fraction of sp³-hybridized carbons (Fsp3) is 0.600. The molecule has 1 fully saturated rings. The van der Waals surface area contributed by atoms with Gasteiger partial charge < -0.3 is 9.88 Å². The molecular weight excluding hydrogens is 305 g/mol. The van der Waals surface area contributed by atoms with E-state index in [-0.39, 0.29) is 5.56 Å². The Morgan fingerprint density at radius 1 is 1.73 bits per heavy atom. The van der Waals surface area contributed by atoms with Crippen molar-refractivity contribution in [2.75, 3.05) is 18.5 Å². The van der Waals surface area contributed by atoms with E-state index in [1.54, 1.807) is 0 Å². The quantitative estimate of drug-likeness (QED) is 0.859. The standard InChI is InChI=1S/C10H14IN3O/c1-6-3-7(6)4-14(2)9-8(11)10(15)13-5-12-9/h5-7H,3-4H2,1-2H3,(H,12,13,15). The number of aromatic nitrogens is 2. The Labute approximate surface area is 102 Å². The van der Waals surface area contributed by atoms with Crippen LogP contribution < -0.4 is 10.5 Å². The maximum atomic E-state index is 11.4. The third-order valence-corrected chi connectivity index (χ3v) is 3.90. The lowest BCUT2D eigenvalue weighted by atomic mass is 10.3. The summed E-state index contributed by atoms with van der Waals surface area (Å²) in [5, 5.41) is 0. The first-order valence-electron chi connectivity index (χ1n) is 5.04. The Morgan fingerprint density at radius 3 is 3.00 bits per heavy atom. The van der Waals surface area contributed by atoms with Crippen molar-refractivity contribution in [2.45, 2.75) is 13.3 Å². The molecule has 1 aromatic heterocycles. The van der Waals surface area contributed by atoms with Crippen molar-refractivity contribution < 1.29 is 0 Å². The van der Waals surface area contributed by atoms with E-state index in [9.17, 15) is 4.79 Å². The van der Waals surface area contributed by atoms with Gasteiger partial charge in [-0.05, 0) is 40.8 Å². The van der Waals surface area contributed by atoms with Crippen molar-refractivity contribution in [1.29, 1.82) is 0 Å². The van der Waals surface area contributed by atoms with E-state index in [2.05, 4.69) is 21.8 Å². The average molecular weight is 319 g/mol. The predicted molar refractivity (Wildman–Crippen MR) is 68.1 cm³/mol. The number of aromatic amines is 1. The van der Waals surface area contributed by atoms with Crippen molar-refractivity contribution in [3.8, 4) is 0 Å². The highest BCUT2D eigenvalue weighted by molar-refractivity contribution is 14.1. The molecule has 82 valence electrons. The number of anilines is 1. The van der Waals surface area contributed by atoms with Crippen molar-refractivity contribution in [3.05, 3.63) is 20.3 Å². The van der Waals surface area contributed by atoms with Crippen LogP contribution in [0, 0.1) is 15.4 Å². The highest BCUT2D eigenvalue weighted by Gasteiger charge is 2.33. The average Bonchev–Trinajstić information content (AvgIpc) is 2.86. The van der Waals surface area contributed by atoms with Gasteiger partial charge >= 0.3 is 0 Å². The molecular formula is C10H14IN3O. The molecule has 15 heavy (non-hydrogen) atoms. The number of rotatable bonds is 3. The smallest absolute Gasteiger partial charge is 0.266 e. The molecule has 0 aliphatic heterocycles. The molecule has 2 unspecified atom stereocenters. The topological polar surface area (TPSA) is 49.0 Å². The summed E-state index contributed by atoms with van der Waals surface area (Å²) in [6.07, 6.45) is 2.76. The van der Waals surface area contributed by atoms with Crippen LogP contribution in [-0.2, 0) is 0 Å². The highest BCUT2D eigenvalue weighted by Crippen LogP contribution is 2.38. The monoisotopic (exact) mass is 319 g/mol. The van der Waals surface area contributed by atoms with Gasteiger partial charge in [0.1, 0.15) is 9.39 Å². The van der Waals surface area contributed by atoms with E-state index < -0.39 is 0 Å². The Kier molecular flexibility index (Phi) is 2.99. The van der Waals surface area contributed by atoms with Gasteiger partial charge in [0.25, 0.3) is 5.56 Å². The van der Waals surface area contributed by atoms with Crippen LogP contribution in [0.5, 0.6) is 0 Å². The highest BCUT2D eigenvalue weighted by atomic mass is 127. The molecule has 1 heterocycles. The zero-order valence-corrected chi connectivity index (χ0v) is 11.0. The molecule has 2 rings (SSSR count). The fourth-order valence-corrected chi connectivity index (χ4v) is 2.44. The molecule has 0 spiro atoms. The van der Waals surface area contributed by atoms with Gasteiger partial charge in [-0.15, -0.1) is 0 Å². The van der Waals surface area contributed by atoms with Gasteiger partial charge in [-0.1, -0.05) is 6.92 Å². The van der Waals surface area contributed by atoms with Crippen LogP contribution in [0.4, 0.5) is 5.82 Å². The second-order valence-corrected chi connectivity index (χ2v) is 5.30. The number of nitrogens with one attached hydrogen (secondary N) is 1. The second kappa shape index (κ2) is 4.11. The Bertz CT molecular complexity index is 417. The van der Waals surface area contributed by atoms with Crippen LogP contribution in [0.2, 0.25) is 0 Å². The zero-order valence-electron chi connectivity index (χ0n) is 8.83. The minimum atomic E-state index is -0.0590. The first kappa shape index (κ1) is 10.9. The normalized spacial score (nSPS) is 23.9. The summed E-state index contributed by atoms with van der Waals surface area (Å²) in [7, 11) is 2.00. The summed E-state index contributed by atoms with van der Waals surface area (Å²) in [5.74, 6) is 2.39. The predicted octanol–water partition coefficient (Wildman–Crippen LogP) is 1.47. The number of halogens is 1. The third kappa shape index (κ3) is 2.32. The lowest BCUT2D eigenvalue weighted by Gasteiger charge is -2.18. The molecule has 2 atom stereocenters. The summed E-state index contributed by atoms with van der Waals surface area (Å²) < 4.78 is 0.672. The van der Waals surface area contributed by atoms with E-state index in [4.69, 9.17) is 0 Å². The minimum Gasteiger partial charge on any atom is -0.358 e. The summed E-state index contributed by atoms with van der Waals surface area (Å²) >= 11 is 2.04. The number of hydrogen-bond acceptors (Lipinski definition) is 3. The van der Waals surface area contributed by atoms with Gasteiger partial charge in [0.05, 0.1) is 6.33 Å². The lowest BCUT2D eigenvalue weighted by Crippen LogP contribution is -2.26. The largest absolute Gasteiger partial charge is 0.358 e. The van der Waals surface area contributed by atoms with Gasteiger partial charge in [0.2, 0.25) is 0 Å². The summed E-state index contributed by atoms with van der Waals surface area (Å²) in [6, 6.07) is 0. The fourth-order valence-electron chi connectivity index (χ4n) is 1.73. The van der Waals surface area contributed by atoms with Gasteiger partial charge in [0, 0.05) is 13.6 Å². The van der Waals surface area contributed by atoms with Crippen LogP contribution in [0.1, 0.15) is 13.3 Å². The zero-order chi connectivity index (χ0) is 11.0. The molecule has 1 aliphatic carbocycles. The molecule has 1 aliphatic rings. The van der Waals surface area contributed by atoms with Gasteiger partial charge in [-0.3, -0.25) is 4.79 Å². The molecule has 1 N–H and O–H groups in total. The summed E-state index contributed by atoms with van der Waals surface area (Å²) in [4.78, 5) is 20.2. The molecule has 0 saturated heterocycles. The van der Waals surface area contributed by atoms with Gasteiger partial charge in [-0.25, -0.2) is 4.98 Å². The molecule has 0 amide bonds. The molecule has 0 aromatic carbocycles. The third-order valence-electron chi connectivity index (χ3n) is 2.92. The van der Waals surface area contributed by atoms with E-state index in [0.717, 1.165) is 24.2 Å². The van der Waals surface area contributed by atoms with Crippen molar-refractivity contribution in [2.24, 2.45) is 11.8 Å². The van der Waals surface area contributed by atoms with E-state index >= 15 is 0 Å². The van der Waals surface area contributed by atoms with Crippen LogP contribution in [0.25, 0.3) is 0 Å². The van der Waals surface area contributed by atoms with Gasteiger partial charge in [-0.2, -0.15) is 0 Å². The van der Waals surface area contributed by atoms with Crippen LogP contribution in [-0.4, -0.2) is 23.6 Å². The molecule has 0 radical (unpaired) electrons. The molecule has 0 bridgehead atoms. The van der Waals surface area contributed by atoms with Crippen molar-refractivity contribution >= 4 is 28.4 Å². The maximum Gasteiger partial charge on any atom is 0.266 e. The van der Waals surface area contributed by atoms with Gasteiger partial charge in [0.15, 0.2) is 0 Å². The number of hydrogen-bond donors (Lipinski definition) is 1. The summed E-state index contributed by atoms with van der Waals surface area (Å²) in [6.45, 7) is 3.25. The lowest BCUT2D eigenvalue weighted by molar-refractivity contribution is 0.716. The summed E-state index contributed by atoms with van der Waals surface area (Å²) in [5.41, 5.74) is -0.0590. The van der Waals surface area contributed by atoms with E-state index in [0.29, 0.717) is 3.57 Å². The van der Waals surface area contributed by atoms with E-state index in [1.807, 2.05) is 29.6 Å². The van der Waals surface area contributed by atoms with Crippen molar-refractivity contribution in [1.82, 2.24) is 9.97 Å². The molecule has 1 aromatic rings. The first-order chi connectivity index (χ1) is 7.09. The molecule has 4 nitrogen and oxygen atoms in total. The second-order valence-electron chi connectivity index (χ2n) is 4.22. The van der Waals surface area contributed by atoms with Crippen molar-refractivity contribution in [3.63, 3.8) is 0 Å². The van der Waals surface area contributed by atoms with Crippen LogP contribution in [0.3, 0.4) is 0 Å². The molecule has 5 heteroatoms.